The summed E-state index contributed by atoms with van der Waals surface area (Å²) in [5.74, 6) is -3.47. The van der Waals surface area contributed by atoms with E-state index in [-0.39, 0.29) is 37.3 Å². The van der Waals surface area contributed by atoms with Crippen LogP contribution in [-0.4, -0.2) is 58.7 Å². The lowest BCUT2D eigenvalue weighted by atomic mass is 9.81. The summed E-state index contributed by atoms with van der Waals surface area (Å²) in [6, 6.07) is 1.05. The first-order valence-corrected chi connectivity index (χ1v) is 10.2. The van der Waals surface area contributed by atoms with Crippen LogP contribution in [0.5, 0.6) is 11.6 Å². The minimum Gasteiger partial charge on any atom is -0.429 e. The van der Waals surface area contributed by atoms with E-state index in [0.29, 0.717) is 0 Å². The zero-order valence-corrected chi connectivity index (χ0v) is 17.6. The number of piperidine rings is 1. The normalized spacial score (nSPS) is 21.3. The van der Waals surface area contributed by atoms with Gasteiger partial charge in [-0.15, -0.1) is 0 Å². The van der Waals surface area contributed by atoms with Crippen LogP contribution in [0.2, 0.25) is 0 Å². The van der Waals surface area contributed by atoms with Gasteiger partial charge in [0.2, 0.25) is 5.91 Å². The maximum absolute atomic E-state index is 13.7. The molecule has 0 spiro atoms. The average Bonchev–Trinajstić information content (AvgIpc) is 3.18. The Hall–Kier alpha value is -3.30. The van der Waals surface area contributed by atoms with Crippen LogP contribution in [0.3, 0.4) is 0 Å². The van der Waals surface area contributed by atoms with E-state index in [1.54, 1.807) is 4.90 Å². The van der Waals surface area contributed by atoms with Crippen LogP contribution in [0.1, 0.15) is 36.4 Å². The number of H-pyrrole nitrogens is 1. The lowest BCUT2D eigenvalue weighted by Gasteiger charge is -2.37. The van der Waals surface area contributed by atoms with Crippen molar-refractivity contribution in [3.8, 4) is 11.6 Å². The number of alkyl halides is 7. The second-order valence-corrected chi connectivity index (χ2v) is 7.96. The van der Waals surface area contributed by atoms with Crippen LogP contribution in [0, 0.1) is 0 Å². The topological polar surface area (TPSA) is 113 Å². The van der Waals surface area contributed by atoms with Crippen LogP contribution in [0.15, 0.2) is 12.3 Å². The molecule has 2 aliphatic heterocycles. The standard InChI is InChI=1S/C19H18F7N5O4/c20-16(21)34-10-5-9(7-27-15(10)35-17(22)23)31-3-1-8(2-4-31)13-12-14(30-29-13)28-11(32)6-18(12,33)19(24,25)26/h5,7-8,16-17,33H,1-4,6H2,(H2,28,29,30,32). The molecule has 0 aromatic carbocycles. The number of rotatable bonds is 6. The smallest absolute Gasteiger partial charge is 0.422 e. The number of hydrogen-bond donors (Lipinski definition) is 3. The number of nitrogens with one attached hydrogen (secondary N) is 2. The van der Waals surface area contributed by atoms with Gasteiger partial charge in [0, 0.05) is 30.8 Å². The van der Waals surface area contributed by atoms with Crippen LogP contribution in [0.25, 0.3) is 0 Å². The molecule has 2 aromatic heterocycles. The van der Waals surface area contributed by atoms with Gasteiger partial charge in [-0.05, 0) is 12.8 Å². The van der Waals surface area contributed by atoms with Gasteiger partial charge in [0.05, 0.1) is 23.9 Å². The van der Waals surface area contributed by atoms with E-state index in [9.17, 15) is 40.6 Å². The molecule has 0 bridgehead atoms. The monoisotopic (exact) mass is 513 g/mol. The Morgan fingerprint density at radius 1 is 1.14 bits per heavy atom. The number of halogens is 7. The molecule has 1 amide bonds. The molecule has 0 radical (unpaired) electrons. The summed E-state index contributed by atoms with van der Waals surface area (Å²) in [6.45, 7) is -6.22. The SMILES string of the molecule is O=C1CC(O)(C(F)(F)F)c2c(n[nH]c2C2CCN(c3cnc(OC(F)F)c(OC(F)F)c3)CC2)N1. The van der Waals surface area contributed by atoms with E-state index < -0.39 is 66.3 Å². The van der Waals surface area contributed by atoms with Crippen molar-refractivity contribution in [3.63, 3.8) is 0 Å². The van der Waals surface area contributed by atoms with Crippen LogP contribution >= 0.6 is 0 Å². The number of aromatic nitrogens is 3. The van der Waals surface area contributed by atoms with Crippen LogP contribution in [-0.2, 0) is 10.4 Å². The molecule has 35 heavy (non-hydrogen) atoms. The van der Waals surface area contributed by atoms with Gasteiger partial charge in [0.1, 0.15) is 0 Å². The maximum Gasteiger partial charge on any atom is 0.422 e. The number of carbonyl (C=O) groups is 1. The predicted octanol–water partition coefficient (Wildman–Crippen LogP) is 3.48. The highest BCUT2D eigenvalue weighted by Gasteiger charge is 2.61. The number of ether oxygens (including phenoxy) is 2. The third-order valence-corrected chi connectivity index (χ3v) is 5.84. The number of fused-ring (bicyclic) bond motifs is 1. The lowest BCUT2D eigenvalue weighted by molar-refractivity contribution is -0.267. The van der Waals surface area contributed by atoms with Gasteiger partial charge >= 0.3 is 19.4 Å². The second-order valence-electron chi connectivity index (χ2n) is 7.96. The zero-order chi connectivity index (χ0) is 25.5. The Kier molecular flexibility index (Phi) is 6.42. The van der Waals surface area contributed by atoms with Gasteiger partial charge in [-0.2, -0.15) is 35.8 Å². The highest BCUT2D eigenvalue weighted by Crippen LogP contribution is 2.50. The van der Waals surface area contributed by atoms with Crippen molar-refractivity contribution in [3.05, 3.63) is 23.5 Å². The summed E-state index contributed by atoms with van der Waals surface area (Å²) in [5.41, 5.74) is -3.67. The Morgan fingerprint density at radius 2 is 1.80 bits per heavy atom. The largest absolute Gasteiger partial charge is 0.429 e. The van der Waals surface area contributed by atoms with Crippen molar-refractivity contribution in [2.75, 3.05) is 23.3 Å². The summed E-state index contributed by atoms with van der Waals surface area (Å²) in [5, 5.41) is 18.9. The Balaban J connectivity index is 1.54. The number of aliphatic hydroxyl groups is 1. The molecular weight excluding hydrogens is 495 g/mol. The number of amides is 1. The number of anilines is 2. The molecule has 1 atom stereocenters. The fourth-order valence-electron chi connectivity index (χ4n) is 4.27. The first kappa shape index (κ1) is 24.8. The molecule has 16 heteroatoms. The van der Waals surface area contributed by atoms with E-state index in [1.807, 2.05) is 0 Å². The van der Waals surface area contributed by atoms with Gasteiger partial charge in [0.25, 0.3) is 5.88 Å². The fourth-order valence-corrected chi connectivity index (χ4v) is 4.27. The molecule has 2 aromatic rings. The van der Waals surface area contributed by atoms with Gasteiger partial charge in [0.15, 0.2) is 17.2 Å². The molecule has 4 heterocycles. The first-order valence-electron chi connectivity index (χ1n) is 10.2. The summed E-state index contributed by atoms with van der Waals surface area (Å²) >= 11 is 0. The van der Waals surface area contributed by atoms with E-state index in [4.69, 9.17) is 0 Å². The Bertz CT molecular complexity index is 1090. The number of pyridine rings is 1. The molecule has 2 aliphatic rings. The summed E-state index contributed by atoms with van der Waals surface area (Å²) in [7, 11) is 0. The minimum absolute atomic E-state index is 0.0278. The van der Waals surface area contributed by atoms with E-state index >= 15 is 0 Å². The number of hydrogen-bond acceptors (Lipinski definition) is 7. The molecule has 9 nitrogen and oxygen atoms in total. The van der Waals surface area contributed by atoms with Gasteiger partial charge < -0.3 is 24.8 Å². The molecule has 1 fully saturated rings. The quantitative estimate of drug-likeness (QED) is 0.507. The van der Waals surface area contributed by atoms with Crippen LogP contribution < -0.4 is 19.7 Å². The zero-order valence-electron chi connectivity index (χ0n) is 17.6. The Morgan fingerprint density at radius 3 is 2.40 bits per heavy atom. The summed E-state index contributed by atoms with van der Waals surface area (Å²) < 4.78 is 99.8. The molecule has 0 saturated carbocycles. The molecule has 0 aliphatic carbocycles. The lowest BCUT2D eigenvalue weighted by Crippen LogP contribution is -2.48. The molecular formula is C19H18F7N5O4. The predicted molar refractivity (Wildman–Crippen MR) is 103 cm³/mol. The molecule has 1 saturated heterocycles. The molecule has 4 rings (SSSR count). The molecule has 192 valence electrons. The number of aromatic amines is 1. The summed E-state index contributed by atoms with van der Waals surface area (Å²) in [4.78, 5) is 17.0. The maximum atomic E-state index is 13.7. The van der Waals surface area contributed by atoms with Gasteiger partial charge in [-0.1, -0.05) is 0 Å². The summed E-state index contributed by atoms with van der Waals surface area (Å²) in [6.07, 6.45) is -4.73. The highest BCUT2D eigenvalue weighted by atomic mass is 19.4. The average molecular weight is 513 g/mol. The van der Waals surface area contributed by atoms with Crippen molar-refractivity contribution in [2.24, 2.45) is 0 Å². The first-order chi connectivity index (χ1) is 16.4. The Labute approximate surface area is 192 Å². The van der Waals surface area contributed by atoms with E-state index in [1.165, 1.54) is 0 Å². The third kappa shape index (κ3) is 4.78. The number of nitrogens with zero attached hydrogens (tertiary/aromatic N) is 3. The van der Waals surface area contributed by atoms with E-state index in [0.717, 1.165) is 12.3 Å². The highest BCUT2D eigenvalue weighted by molar-refractivity contribution is 5.94. The molecule has 1 unspecified atom stereocenters. The minimum atomic E-state index is -5.13. The number of carbonyl (C=O) groups excluding carboxylic acids is 1. The van der Waals surface area contributed by atoms with Gasteiger partial charge in [-0.25, -0.2) is 4.98 Å². The fraction of sp³-hybridized carbons (Fsp3) is 0.526. The van der Waals surface area contributed by atoms with Crippen molar-refractivity contribution < 1.29 is 50.1 Å². The van der Waals surface area contributed by atoms with Crippen molar-refractivity contribution in [1.29, 1.82) is 0 Å². The second kappa shape index (κ2) is 9.05. The third-order valence-electron chi connectivity index (χ3n) is 5.84. The van der Waals surface area contributed by atoms with E-state index in [2.05, 4.69) is 30.0 Å². The van der Waals surface area contributed by atoms with Crippen LogP contribution in [0.4, 0.5) is 42.2 Å². The van der Waals surface area contributed by atoms with Crippen molar-refractivity contribution in [1.82, 2.24) is 15.2 Å². The van der Waals surface area contributed by atoms with Crippen molar-refractivity contribution >= 4 is 17.4 Å². The van der Waals surface area contributed by atoms with Crippen molar-refractivity contribution in [2.45, 2.75) is 50.2 Å². The molecule has 3 N–H and O–H groups in total. The van der Waals surface area contributed by atoms with Gasteiger partial charge in [-0.3, -0.25) is 9.89 Å².